The first-order valence-corrected chi connectivity index (χ1v) is 14.7. The molecule has 2 N–H and O–H groups in total. The third-order valence-electron chi connectivity index (χ3n) is 7.84. The van der Waals surface area contributed by atoms with Crippen molar-refractivity contribution in [2.24, 2.45) is 5.41 Å². The number of hydrogen-bond acceptors (Lipinski definition) is 4. The Balaban J connectivity index is 1.56. The van der Waals surface area contributed by atoms with E-state index in [9.17, 15) is 18.8 Å². The van der Waals surface area contributed by atoms with Gasteiger partial charge in [0.1, 0.15) is 11.9 Å². The molecular formula is C34H42FN5O3. The Morgan fingerprint density at radius 1 is 1.05 bits per heavy atom. The molecule has 0 saturated carbocycles. The van der Waals surface area contributed by atoms with Crippen LogP contribution in [0.1, 0.15) is 50.0 Å². The average Bonchev–Trinajstić information content (AvgIpc) is 3.68. The summed E-state index contributed by atoms with van der Waals surface area (Å²) >= 11 is 0. The molecule has 0 bridgehead atoms. The summed E-state index contributed by atoms with van der Waals surface area (Å²) in [5, 5.41) is 5.85. The summed E-state index contributed by atoms with van der Waals surface area (Å²) < 4.78 is 15.4. The molecule has 8 nitrogen and oxygen atoms in total. The number of nitrogens with one attached hydrogen (secondary N) is 2. The van der Waals surface area contributed by atoms with E-state index in [0.29, 0.717) is 31.5 Å². The van der Waals surface area contributed by atoms with E-state index in [2.05, 4.69) is 10.6 Å². The highest BCUT2D eigenvalue weighted by Gasteiger charge is 2.39. The molecule has 0 spiro atoms. The summed E-state index contributed by atoms with van der Waals surface area (Å²) in [5.74, 6) is -0.937. The van der Waals surface area contributed by atoms with Crippen molar-refractivity contribution < 1.29 is 18.8 Å². The Morgan fingerprint density at radius 3 is 2.40 bits per heavy atom. The fraction of sp³-hybridized carbons (Fsp3) is 0.382. The molecule has 4 rings (SSSR count). The third-order valence-corrected chi connectivity index (χ3v) is 7.84. The second-order valence-electron chi connectivity index (χ2n) is 12.1. The zero-order valence-corrected chi connectivity index (χ0v) is 25.6. The zero-order valence-electron chi connectivity index (χ0n) is 25.6. The second-order valence-corrected chi connectivity index (χ2v) is 12.1. The van der Waals surface area contributed by atoms with Crippen LogP contribution in [0.4, 0.5) is 4.39 Å². The number of para-hydroxylation sites is 1. The van der Waals surface area contributed by atoms with Gasteiger partial charge >= 0.3 is 0 Å². The van der Waals surface area contributed by atoms with Crippen LogP contribution in [-0.2, 0) is 16.0 Å². The lowest BCUT2D eigenvalue weighted by atomic mass is 9.85. The molecule has 3 aromatic rings. The first kappa shape index (κ1) is 31.7. The van der Waals surface area contributed by atoms with Gasteiger partial charge in [-0.05, 0) is 68.1 Å². The number of hydrogen-bond donors (Lipinski definition) is 2. The van der Waals surface area contributed by atoms with E-state index in [-0.39, 0.29) is 29.6 Å². The van der Waals surface area contributed by atoms with Crippen molar-refractivity contribution in [1.82, 2.24) is 25.0 Å². The average molecular weight is 588 g/mol. The maximum atomic E-state index is 13.9. The summed E-state index contributed by atoms with van der Waals surface area (Å²) in [6, 6.07) is 16.3. The maximum Gasteiger partial charge on any atom is 0.255 e. The van der Waals surface area contributed by atoms with Gasteiger partial charge in [-0.15, -0.1) is 0 Å². The molecule has 3 amide bonds. The number of nitrogens with zero attached hydrogens (tertiary/aromatic N) is 3. The van der Waals surface area contributed by atoms with Gasteiger partial charge < -0.3 is 25.0 Å². The summed E-state index contributed by atoms with van der Waals surface area (Å²) in [4.78, 5) is 44.1. The van der Waals surface area contributed by atoms with Gasteiger partial charge in [-0.3, -0.25) is 14.4 Å². The smallest absolute Gasteiger partial charge is 0.255 e. The molecule has 0 radical (unpaired) electrons. The van der Waals surface area contributed by atoms with Crippen molar-refractivity contribution in [3.05, 3.63) is 102 Å². The number of amides is 3. The molecule has 1 aromatic heterocycles. The predicted octanol–water partition coefficient (Wildman–Crippen LogP) is 4.55. The van der Waals surface area contributed by atoms with Gasteiger partial charge in [0.15, 0.2) is 0 Å². The molecule has 9 heteroatoms. The topological polar surface area (TPSA) is 86.7 Å². The van der Waals surface area contributed by atoms with Crippen LogP contribution in [0.3, 0.4) is 0 Å². The summed E-state index contributed by atoms with van der Waals surface area (Å²) in [6.45, 7) is 8.19. The first-order valence-electron chi connectivity index (χ1n) is 14.7. The van der Waals surface area contributed by atoms with Crippen molar-refractivity contribution in [3.8, 4) is 5.69 Å². The van der Waals surface area contributed by atoms with Gasteiger partial charge in [-0.1, -0.05) is 57.2 Å². The van der Waals surface area contributed by atoms with Gasteiger partial charge in [0, 0.05) is 37.4 Å². The van der Waals surface area contributed by atoms with Crippen molar-refractivity contribution in [2.75, 3.05) is 20.1 Å². The minimum atomic E-state index is -0.760. The van der Waals surface area contributed by atoms with Gasteiger partial charge in [-0.2, -0.15) is 0 Å². The molecule has 1 aliphatic heterocycles. The molecule has 0 aliphatic carbocycles. The minimum Gasteiger partial charge on any atom is -0.342 e. The molecule has 43 heavy (non-hydrogen) atoms. The Hall–Kier alpha value is -4.24. The van der Waals surface area contributed by atoms with Crippen molar-refractivity contribution in [3.63, 3.8) is 0 Å². The Kier molecular flexibility index (Phi) is 10.2. The quantitative estimate of drug-likeness (QED) is 0.345. The van der Waals surface area contributed by atoms with Crippen molar-refractivity contribution >= 4 is 17.7 Å². The Bertz CT molecular complexity index is 1430. The van der Waals surface area contributed by atoms with E-state index >= 15 is 0 Å². The number of carbonyl (C=O) groups is 3. The third kappa shape index (κ3) is 7.99. The predicted molar refractivity (Wildman–Crippen MR) is 166 cm³/mol. The monoisotopic (exact) mass is 587 g/mol. The first-order chi connectivity index (χ1) is 20.5. The van der Waals surface area contributed by atoms with Gasteiger partial charge in [0.05, 0.1) is 17.6 Å². The van der Waals surface area contributed by atoms with E-state index in [0.717, 1.165) is 11.3 Å². The minimum absolute atomic E-state index is 0.153. The molecular weight excluding hydrogens is 545 g/mol. The summed E-state index contributed by atoms with van der Waals surface area (Å²) in [6.07, 6.45) is 8.46. The number of carbonyl (C=O) groups excluding carboxylic acids is 3. The maximum absolute atomic E-state index is 13.9. The van der Waals surface area contributed by atoms with Crippen molar-refractivity contribution in [1.29, 1.82) is 0 Å². The van der Waals surface area contributed by atoms with Gasteiger partial charge in [-0.25, -0.2) is 4.39 Å². The van der Waals surface area contributed by atoms with E-state index in [4.69, 9.17) is 0 Å². The normalized spacial score (nSPS) is 16.1. The van der Waals surface area contributed by atoms with Crippen molar-refractivity contribution in [2.45, 2.75) is 58.7 Å². The lowest BCUT2D eigenvalue weighted by Gasteiger charge is -2.37. The van der Waals surface area contributed by atoms with Crippen LogP contribution in [-0.4, -0.2) is 70.4 Å². The standard InChI is InChI=1S/C34H42FN5O3/c1-24(36-5)31(41)37-30(34(2,3)4)33(43)40-19-9-12-29(40)23-39(20-17-25-13-15-27(35)16-14-25)32(42)26-18-21-38(22-26)28-10-7-6-8-11-28/h6-11,13-16,18-19,21-22,24,29-30,36H,12,17,20,23H2,1-5H3,(H,37,41)/t24-,29-,30+/m0/s1. The number of likely N-dealkylation sites (N-methyl/N-ethyl adjacent to an activating group) is 1. The number of aromatic nitrogens is 1. The zero-order chi connectivity index (χ0) is 31.1. The highest BCUT2D eigenvalue weighted by atomic mass is 19.1. The van der Waals surface area contributed by atoms with Crippen LogP contribution >= 0.6 is 0 Å². The second kappa shape index (κ2) is 13.8. The molecule has 1 aliphatic rings. The molecule has 2 aromatic carbocycles. The van der Waals surface area contributed by atoms with Crippen LogP contribution in [0.2, 0.25) is 0 Å². The molecule has 0 unspecified atom stereocenters. The highest BCUT2D eigenvalue weighted by molar-refractivity contribution is 5.94. The lowest BCUT2D eigenvalue weighted by molar-refractivity contribution is -0.139. The molecule has 0 fully saturated rings. The number of benzene rings is 2. The van der Waals surface area contributed by atoms with Crippen LogP contribution in [0.15, 0.2) is 85.3 Å². The van der Waals surface area contributed by atoms with E-state index < -0.39 is 17.5 Å². The van der Waals surface area contributed by atoms with Crippen LogP contribution in [0, 0.1) is 11.2 Å². The van der Waals surface area contributed by atoms with E-state index in [1.807, 2.05) is 74.1 Å². The molecule has 2 heterocycles. The van der Waals surface area contributed by atoms with E-state index in [1.54, 1.807) is 48.2 Å². The largest absolute Gasteiger partial charge is 0.342 e. The Morgan fingerprint density at radius 2 is 1.74 bits per heavy atom. The lowest BCUT2D eigenvalue weighted by Crippen LogP contribution is -2.58. The van der Waals surface area contributed by atoms with Crippen LogP contribution < -0.4 is 10.6 Å². The molecule has 3 atom stereocenters. The SMILES string of the molecule is CN[C@@H](C)C(=O)N[C@H](C(=O)N1C=CC[C@H]1CN(CCc1ccc(F)cc1)C(=O)c1ccn(-c2ccccc2)c1)C(C)(C)C. The van der Waals surface area contributed by atoms with Gasteiger partial charge in [0.25, 0.3) is 5.91 Å². The highest BCUT2D eigenvalue weighted by Crippen LogP contribution is 2.26. The van der Waals surface area contributed by atoms with Crippen LogP contribution in [0.25, 0.3) is 5.69 Å². The van der Waals surface area contributed by atoms with Gasteiger partial charge in [0.2, 0.25) is 11.8 Å². The number of rotatable bonds is 11. The number of halogens is 1. The fourth-order valence-corrected chi connectivity index (χ4v) is 5.09. The van der Waals surface area contributed by atoms with E-state index in [1.165, 1.54) is 12.1 Å². The molecule has 228 valence electrons. The summed E-state index contributed by atoms with van der Waals surface area (Å²) in [7, 11) is 1.70. The fourth-order valence-electron chi connectivity index (χ4n) is 5.09. The van der Waals surface area contributed by atoms with Crippen LogP contribution in [0.5, 0.6) is 0 Å². The summed E-state index contributed by atoms with van der Waals surface area (Å²) in [5.41, 5.74) is 1.85. The Labute approximate surface area is 253 Å². The molecule has 0 saturated heterocycles.